The molecule has 0 atom stereocenters. The zero-order valence-electron chi connectivity index (χ0n) is 79.6. The van der Waals surface area contributed by atoms with Crippen LogP contribution in [-0.4, -0.2) is 68.3 Å². The molecular formula is C117H118N8O11. The second-order valence-corrected chi connectivity index (χ2v) is 37.8. The number of carbonyl (C=O) groups excluding carboxylic acids is 5. The zero-order valence-corrected chi connectivity index (χ0v) is 79.6. The first-order valence-electron chi connectivity index (χ1n) is 47.5. The summed E-state index contributed by atoms with van der Waals surface area (Å²) < 4.78 is 14.4. The highest BCUT2D eigenvalue weighted by Gasteiger charge is 2.29. The highest BCUT2D eigenvalue weighted by Crippen LogP contribution is 2.41. The lowest BCUT2D eigenvalue weighted by Gasteiger charge is -2.22. The van der Waals surface area contributed by atoms with Gasteiger partial charge in [-0.05, 0) is 304 Å². The Morgan fingerprint density at radius 3 is 1.23 bits per heavy atom. The van der Waals surface area contributed by atoms with E-state index in [0.717, 1.165) is 181 Å². The molecular weight excluding hydrogens is 1690 g/mol. The van der Waals surface area contributed by atoms with Crippen molar-refractivity contribution in [3.63, 3.8) is 0 Å². The Morgan fingerprint density at radius 1 is 0.331 bits per heavy atom. The van der Waals surface area contributed by atoms with Crippen LogP contribution in [0.25, 0.3) is 55.6 Å². The highest BCUT2D eigenvalue weighted by atomic mass is 16.5. The average Bonchev–Trinajstić information content (AvgIpc) is 0.834. The minimum Gasteiger partial charge on any atom is -0.493 e. The van der Waals surface area contributed by atoms with Crippen LogP contribution in [0.2, 0.25) is 0 Å². The number of benzene rings is 7. The molecule has 0 radical (unpaired) electrons. The number of pyridine rings is 7. The molecule has 14 aromatic rings. The van der Waals surface area contributed by atoms with Gasteiger partial charge in [0.2, 0.25) is 0 Å². The lowest BCUT2D eigenvalue weighted by atomic mass is 9.82. The molecule has 7 heterocycles. The van der Waals surface area contributed by atoms with Crippen molar-refractivity contribution < 1.29 is 28.7 Å². The number of hydrogen-bond donors (Lipinski definition) is 1. The molecule has 20 rings (SSSR count). The maximum absolute atomic E-state index is 12.2. The highest BCUT2D eigenvalue weighted by molar-refractivity contribution is 5.89. The van der Waals surface area contributed by atoms with Gasteiger partial charge >= 0.3 is 0 Å². The Balaban J connectivity index is 0.000000123. The molecule has 6 aliphatic rings. The molecule has 7 aromatic carbocycles. The van der Waals surface area contributed by atoms with E-state index >= 15 is 0 Å². The Bertz CT molecular complexity index is 6880. The largest absolute Gasteiger partial charge is 0.493 e. The second kappa shape index (κ2) is 42.4. The molecule has 1 N–H and O–H groups in total. The smallest absolute Gasteiger partial charge is 0.253 e. The van der Waals surface area contributed by atoms with E-state index in [-0.39, 0.29) is 33.6 Å². The summed E-state index contributed by atoms with van der Waals surface area (Å²) in [6, 6.07) is 62.0. The molecule has 0 saturated heterocycles. The van der Waals surface area contributed by atoms with Crippen molar-refractivity contribution in [2.75, 3.05) is 11.9 Å². The molecule has 0 aliphatic heterocycles. The van der Waals surface area contributed by atoms with E-state index in [1.165, 1.54) is 86.9 Å². The van der Waals surface area contributed by atoms with Crippen LogP contribution in [-0.2, 0) is 149 Å². The van der Waals surface area contributed by atoms with Crippen molar-refractivity contribution in [3.05, 3.63) is 406 Å². The SMILES string of the molecule is Cc1cc(-c2cc3c(c(NCc4ccncc4)c2)CC(=O)CC3)cn(C)c1=O.Cc1cc(-c2cc3c(c(OCC4CCCC4)c2)CC(=O)CC3)cn(C)c1=O.Cc1cc(-c2cc3c(cc2Cc2ccccc2)CCC(=O)C3)cn(C)c1=O.Cc1cc(-c2cc3c(cc2Cc2ccccn2)CCC(=O)C3)cn(C)c1=O.Cc1cc(-c2ccc3c(c2Cc2ccccc2)CC(=O)CC3)cn(C)c1=O. The summed E-state index contributed by atoms with van der Waals surface area (Å²) in [4.78, 5) is 129. The first-order chi connectivity index (χ1) is 65.6. The fourth-order valence-electron chi connectivity index (χ4n) is 20.1. The van der Waals surface area contributed by atoms with E-state index in [4.69, 9.17) is 4.74 Å². The Kier molecular flexibility index (Phi) is 29.5. The van der Waals surface area contributed by atoms with Crippen molar-refractivity contribution in [2.24, 2.45) is 41.2 Å². The topological polar surface area (TPSA) is 242 Å². The average molecular weight is 1810 g/mol. The zero-order chi connectivity index (χ0) is 95.5. The number of anilines is 1. The lowest BCUT2D eigenvalue weighted by Crippen LogP contribution is -2.19. The van der Waals surface area contributed by atoms with E-state index in [9.17, 15) is 47.9 Å². The number of hydrogen-bond acceptors (Lipinski definition) is 14. The molecule has 136 heavy (non-hydrogen) atoms. The van der Waals surface area contributed by atoms with Crippen LogP contribution in [0.15, 0.2) is 256 Å². The third-order valence-electron chi connectivity index (χ3n) is 27.4. The molecule has 19 heteroatoms. The summed E-state index contributed by atoms with van der Waals surface area (Å²) in [6.45, 7) is 10.6. The number of fused-ring (bicyclic) bond motifs is 5. The number of aryl methyl sites for hydroxylation is 15. The monoisotopic (exact) mass is 1810 g/mol. The van der Waals surface area contributed by atoms with Crippen molar-refractivity contribution in [2.45, 2.75) is 182 Å². The van der Waals surface area contributed by atoms with Gasteiger partial charge in [0.1, 0.15) is 34.7 Å². The minimum atomic E-state index is 0.0122. The summed E-state index contributed by atoms with van der Waals surface area (Å²) in [7, 11) is 8.92. The number of Topliss-reactive ketones (excluding diaryl/α,β-unsaturated/α-hetero) is 5. The number of aromatic nitrogens is 7. The predicted molar refractivity (Wildman–Crippen MR) is 539 cm³/mol. The first kappa shape index (κ1) is 94.7. The van der Waals surface area contributed by atoms with Gasteiger partial charge in [0.15, 0.2) is 0 Å². The van der Waals surface area contributed by atoms with Crippen LogP contribution in [0.3, 0.4) is 0 Å². The van der Waals surface area contributed by atoms with Crippen LogP contribution >= 0.6 is 0 Å². The third kappa shape index (κ3) is 22.6. The summed E-state index contributed by atoms with van der Waals surface area (Å²) >= 11 is 0. The van der Waals surface area contributed by atoms with Crippen LogP contribution in [0, 0.1) is 40.5 Å². The van der Waals surface area contributed by atoms with Gasteiger partial charge in [0, 0.05) is 207 Å². The summed E-state index contributed by atoms with van der Waals surface area (Å²) in [6.07, 6.45) is 31.7. The van der Waals surface area contributed by atoms with Gasteiger partial charge in [-0.15, -0.1) is 0 Å². The molecule has 692 valence electrons. The van der Waals surface area contributed by atoms with Crippen molar-refractivity contribution in [1.82, 2.24) is 32.8 Å². The van der Waals surface area contributed by atoms with Crippen LogP contribution in [0.4, 0.5) is 5.69 Å². The molecule has 0 spiro atoms. The van der Waals surface area contributed by atoms with E-state index in [1.54, 1.807) is 70.5 Å². The van der Waals surface area contributed by atoms with Crippen LogP contribution in [0.1, 0.15) is 180 Å². The number of ketones is 5. The molecule has 0 bridgehead atoms. The summed E-state index contributed by atoms with van der Waals surface area (Å²) in [5, 5.41) is 3.51. The van der Waals surface area contributed by atoms with E-state index < -0.39 is 0 Å². The molecule has 0 amide bonds. The van der Waals surface area contributed by atoms with Crippen molar-refractivity contribution >= 4 is 34.6 Å². The first-order valence-corrected chi connectivity index (χ1v) is 47.5. The second-order valence-electron chi connectivity index (χ2n) is 37.8. The van der Waals surface area contributed by atoms with E-state index in [0.29, 0.717) is 105 Å². The summed E-state index contributed by atoms with van der Waals surface area (Å²) in [5.41, 5.74) is 35.3. The van der Waals surface area contributed by atoms with Gasteiger partial charge in [0.25, 0.3) is 27.8 Å². The number of nitrogens with one attached hydrogen (secondary N) is 1. The number of nitrogens with zero attached hydrogens (tertiary/aromatic N) is 7. The van der Waals surface area contributed by atoms with E-state index in [2.05, 4.69) is 112 Å². The van der Waals surface area contributed by atoms with Crippen molar-refractivity contribution in [3.8, 4) is 61.4 Å². The summed E-state index contributed by atoms with van der Waals surface area (Å²) in [5.74, 6) is 2.97. The normalized spacial score (nSPS) is 14.2. The predicted octanol–water partition coefficient (Wildman–Crippen LogP) is 18.8. The Morgan fingerprint density at radius 2 is 0.743 bits per heavy atom. The Labute approximate surface area is 794 Å². The maximum Gasteiger partial charge on any atom is 0.253 e. The standard InChI is InChI=1S/2C24H23NO2.C23H23N3O2.C23H22N2O2.C23H27NO3/c1-16-12-19(15-25(2)24(16)27)21-11-9-18-8-10-20(26)14-22(18)23(21)13-17-6-4-3-5-7-17;1-16-10-21(15-25(2)24(16)27)23-14-19-13-22(26)9-8-18(19)12-20(23)11-17-6-4-3-5-7-17;1-15-9-19(14-26(2)23(15)28)18-10-17-3-4-20(27)12-21(17)22(11-18)25-13-16-5-7-24-8-6-16;1-15-9-19(14-25(2)23(15)27)22-13-17-12-21(26)7-6-16(17)10-18(22)11-20-5-3-4-8-24-20;1-15-9-19(13-24(2)23(15)26)18-10-17-7-8-20(25)12-21(17)22(11-18)27-14-16-5-3-4-6-16/h3-7,9,11-12,15H,8,10,13-14H2,1-2H3;3-7,10,12,14-15H,8-9,11,13H2,1-2H3;5-11,14,25H,3-4,12-13H2,1-2H3;3-5,8-10,13-14H,6-7,11-12H2,1-2H3;9-11,13,16H,3-8,12,14H2,1-2H3. The molecule has 6 aliphatic carbocycles. The molecule has 1 fully saturated rings. The van der Waals surface area contributed by atoms with Crippen LogP contribution in [0.5, 0.6) is 5.75 Å². The van der Waals surface area contributed by atoms with E-state index in [1.807, 2.05) is 157 Å². The number of ether oxygens (including phenoxy) is 1. The number of rotatable bonds is 17. The third-order valence-corrected chi connectivity index (χ3v) is 27.4. The molecule has 0 unspecified atom stereocenters. The molecule has 19 nitrogen and oxygen atoms in total. The van der Waals surface area contributed by atoms with Gasteiger partial charge in [-0.1, -0.05) is 128 Å². The van der Waals surface area contributed by atoms with Gasteiger partial charge in [-0.3, -0.25) is 57.9 Å². The molecule has 7 aromatic heterocycles. The quantitative estimate of drug-likeness (QED) is 0.0891. The Hall–Kier alpha value is -14.5. The van der Waals surface area contributed by atoms with Crippen LogP contribution < -0.4 is 37.8 Å². The van der Waals surface area contributed by atoms with Gasteiger partial charge in [-0.25, -0.2) is 0 Å². The fourth-order valence-corrected chi connectivity index (χ4v) is 20.1. The van der Waals surface area contributed by atoms with Gasteiger partial charge in [-0.2, -0.15) is 0 Å². The minimum absolute atomic E-state index is 0.0122. The van der Waals surface area contributed by atoms with Crippen molar-refractivity contribution in [1.29, 1.82) is 0 Å². The fraction of sp³-hybridized carbons (Fsp3) is 0.299. The lowest BCUT2D eigenvalue weighted by molar-refractivity contribution is -0.119. The van der Waals surface area contributed by atoms with Gasteiger partial charge in [0.05, 0.1) is 6.61 Å². The van der Waals surface area contributed by atoms with Gasteiger partial charge < -0.3 is 32.9 Å². The number of carbonyl (C=O) groups is 5. The maximum atomic E-state index is 12.2. The molecule has 1 saturated carbocycles.